The standard InChI is InChI=1S/C10H9F4NO/c1-15-7-4-16-9-5(7)2-3-6(8(9)11)10(12,13)14/h2-3,7,15H,4H2,1H3/t7-/m1/s1. The van der Waals surface area contributed by atoms with Crippen molar-refractivity contribution in [3.63, 3.8) is 0 Å². The average molecular weight is 235 g/mol. The number of hydrogen-bond acceptors (Lipinski definition) is 2. The van der Waals surface area contributed by atoms with Crippen molar-refractivity contribution in [2.45, 2.75) is 12.2 Å². The zero-order valence-electron chi connectivity index (χ0n) is 8.36. The lowest BCUT2D eigenvalue weighted by Crippen LogP contribution is -2.17. The minimum Gasteiger partial charge on any atom is -0.488 e. The highest BCUT2D eigenvalue weighted by Gasteiger charge is 2.38. The molecule has 0 amide bonds. The van der Waals surface area contributed by atoms with Crippen LogP contribution in [0.15, 0.2) is 12.1 Å². The van der Waals surface area contributed by atoms with Crippen LogP contribution < -0.4 is 10.1 Å². The molecule has 0 aliphatic carbocycles. The molecule has 1 aromatic rings. The topological polar surface area (TPSA) is 21.3 Å². The average Bonchev–Trinajstić information content (AvgIpc) is 2.60. The number of alkyl halides is 3. The van der Waals surface area contributed by atoms with E-state index in [9.17, 15) is 17.6 Å². The smallest absolute Gasteiger partial charge is 0.419 e. The van der Waals surface area contributed by atoms with Crippen LogP contribution in [0.2, 0.25) is 0 Å². The van der Waals surface area contributed by atoms with Gasteiger partial charge in [-0.25, -0.2) is 4.39 Å². The van der Waals surface area contributed by atoms with Crippen molar-refractivity contribution in [3.05, 3.63) is 29.1 Å². The molecular weight excluding hydrogens is 226 g/mol. The van der Waals surface area contributed by atoms with Crippen LogP contribution in [-0.2, 0) is 6.18 Å². The molecular formula is C10H9F4NO. The summed E-state index contributed by atoms with van der Waals surface area (Å²) in [7, 11) is 1.64. The molecule has 0 unspecified atom stereocenters. The molecule has 1 heterocycles. The summed E-state index contributed by atoms with van der Waals surface area (Å²) in [5.41, 5.74) is -0.865. The Hall–Kier alpha value is -1.30. The number of halogens is 4. The third-order valence-corrected chi connectivity index (χ3v) is 2.55. The zero-order chi connectivity index (χ0) is 11.9. The Bertz CT molecular complexity index is 416. The van der Waals surface area contributed by atoms with Gasteiger partial charge in [0.25, 0.3) is 0 Å². The molecule has 6 heteroatoms. The Kier molecular flexibility index (Phi) is 2.53. The second-order valence-corrected chi connectivity index (χ2v) is 3.50. The lowest BCUT2D eigenvalue weighted by molar-refractivity contribution is -0.140. The van der Waals surface area contributed by atoms with Gasteiger partial charge in [0.15, 0.2) is 11.6 Å². The number of fused-ring (bicyclic) bond motifs is 1. The van der Waals surface area contributed by atoms with E-state index < -0.39 is 17.6 Å². The highest BCUT2D eigenvalue weighted by atomic mass is 19.4. The van der Waals surface area contributed by atoms with Gasteiger partial charge in [-0.05, 0) is 13.1 Å². The van der Waals surface area contributed by atoms with E-state index in [1.807, 2.05) is 0 Å². The molecule has 88 valence electrons. The van der Waals surface area contributed by atoms with Crippen LogP contribution in [0, 0.1) is 5.82 Å². The Morgan fingerprint density at radius 2 is 2.06 bits per heavy atom. The molecule has 1 N–H and O–H groups in total. The van der Waals surface area contributed by atoms with Crippen LogP contribution >= 0.6 is 0 Å². The van der Waals surface area contributed by atoms with Crippen LogP contribution in [0.5, 0.6) is 5.75 Å². The second kappa shape index (κ2) is 3.62. The van der Waals surface area contributed by atoms with Crippen molar-refractivity contribution >= 4 is 0 Å². The summed E-state index contributed by atoms with van der Waals surface area (Å²) in [6.45, 7) is 0.143. The number of hydrogen-bond donors (Lipinski definition) is 1. The number of rotatable bonds is 1. The lowest BCUT2D eigenvalue weighted by atomic mass is 10.1. The Morgan fingerprint density at radius 1 is 1.38 bits per heavy atom. The summed E-state index contributed by atoms with van der Waals surface area (Å²) in [5, 5.41) is 2.83. The van der Waals surface area contributed by atoms with E-state index in [4.69, 9.17) is 4.74 Å². The van der Waals surface area contributed by atoms with E-state index in [0.29, 0.717) is 5.56 Å². The van der Waals surface area contributed by atoms with Crippen LogP contribution in [0.25, 0.3) is 0 Å². The van der Waals surface area contributed by atoms with E-state index in [2.05, 4.69) is 5.32 Å². The van der Waals surface area contributed by atoms with Gasteiger partial charge in [-0.3, -0.25) is 0 Å². The molecule has 1 aliphatic rings. The summed E-state index contributed by atoms with van der Waals surface area (Å²) >= 11 is 0. The van der Waals surface area contributed by atoms with Crippen molar-refractivity contribution < 1.29 is 22.3 Å². The third kappa shape index (κ3) is 1.63. The first-order valence-corrected chi connectivity index (χ1v) is 4.65. The summed E-state index contributed by atoms with van der Waals surface area (Å²) < 4.78 is 55.6. The Morgan fingerprint density at radius 3 is 2.62 bits per heavy atom. The number of benzene rings is 1. The van der Waals surface area contributed by atoms with Crippen molar-refractivity contribution in [2.75, 3.05) is 13.7 Å². The van der Waals surface area contributed by atoms with Gasteiger partial charge in [0.05, 0.1) is 11.6 Å². The van der Waals surface area contributed by atoms with Gasteiger partial charge < -0.3 is 10.1 Å². The molecule has 0 radical (unpaired) electrons. The molecule has 0 bridgehead atoms. The van der Waals surface area contributed by atoms with Crippen molar-refractivity contribution in [1.82, 2.24) is 5.32 Å². The maximum absolute atomic E-state index is 13.5. The number of likely N-dealkylation sites (N-methyl/N-ethyl adjacent to an activating group) is 1. The Balaban J connectivity index is 2.51. The quantitative estimate of drug-likeness (QED) is 0.755. The molecule has 16 heavy (non-hydrogen) atoms. The van der Waals surface area contributed by atoms with E-state index >= 15 is 0 Å². The highest BCUT2D eigenvalue weighted by Crippen LogP contribution is 2.41. The molecule has 1 aromatic carbocycles. The third-order valence-electron chi connectivity index (χ3n) is 2.55. The Labute approximate surface area is 89.2 Å². The van der Waals surface area contributed by atoms with E-state index in [1.54, 1.807) is 7.05 Å². The molecule has 0 spiro atoms. The van der Waals surface area contributed by atoms with Gasteiger partial charge in [0.2, 0.25) is 0 Å². The first kappa shape index (κ1) is 11.2. The molecule has 2 nitrogen and oxygen atoms in total. The fourth-order valence-corrected chi connectivity index (χ4v) is 1.71. The summed E-state index contributed by atoms with van der Waals surface area (Å²) in [6, 6.07) is 1.73. The van der Waals surface area contributed by atoms with Crippen molar-refractivity contribution in [1.29, 1.82) is 0 Å². The van der Waals surface area contributed by atoms with E-state index in [1.165, 1.54) is 6.07 Å². The number of ether oxygens (including phenoxy) is 1. The fraction of sp³-hybridized carbons (Fsp3) is 0.400. The minimum atomic E-state index is -4.69. The molecule has 1 atom stereocenters. The van der Waals surface area contributed by atoms with Crippen LogP contribution in [0.1, 0.15) is 17.2 Å². The maximum Gasteiger partial charge on any atom is 0.419 e. The maximum atomic E-state index is 13.5. The second-order valence-electron chi connectivity index (χ2n) is 3.50. The zero-order valence-corrected chi connectivity index (χ0v) is 8.36. The number of nitrogens with one attached hydrogen (secondary N) is 1. The van der Waals surface area contributed by atoms with Crippen LogP contribution in [0.4, 0.5) is 17.6 Å². The molecule has 2 rings (SSSR count). The molecule has 0 saturated heterocycles. The lowest BCUT2D eigenvalue weighted by Gasteiger charge is -2.11. The highest BCUT2D eigenvalue weighted by molar-refractivity contribution is 5.44. The van der Waals surface area contributed by atoms with Crippen molar-refractivity contribution in [2.24, 2.45) is 0 Å². The molecule has 1 aliphatic heterocycles. The fourth-order valence-electron chi connectivity index (χ4n) is 1.71. The monoisotopic (exact) mass is 235 g/mol. The molecule has 0 saturated carbocycles. The largest absolute Gasteiger partial charge is 0.488 e. The van der Waals surface area contributed by atoms with Crippen molar-refractivity contribution in [3.8, 4) is 5.75 Å². The predicted octanol–water partition coefficient (Wildman–Crippen LogP) is 2.50. The van der Waals surface area contributed by atoms with Gasteiger partial charge in [0, 0.05) is 5.56 Å². The summed E-state index contributed by atoms with van der Waals surface area (Å²) in [6.07, 6.45) is -4.69. The van der Waals surface area contributed by atoms with Gasteiger partial charge in [-0.1, -0.05) is 6.07 Å². The molecule has 0 fully saturated rings. The van der Waals surface area contributed by atoms with Crippen LogP contribution in [0.3, 0.4) is 0 Å². The van der Waals surface area contributed by atoms with E-state index in [-0.39, 0.29) is 18.4 Å². The van der Waals surface area contributed by atoms with Gasteiger partial charge in [-0.2, -0.15) is 13.2 Å². The summed E-state index contributed by atoms with van der Waals surface area (Å²) in [4.78, 5) is 0. The van der Waals surface area contributed by atoms with Crippen LogP contribution in [-0.4, -0.2) is 13.7 Å². The summed E-state index contributed by atoms with van der Waals surface area (Å²) in [5.74, 6) is -1.63. The normalized spacial score (nSPS) is 19.4. The van der Waals surface area contributed by atoms with Gasteiger partial charge >= 0.3 is 6.18 Å². The molecule has 0 aromatic heterocycles. The minimum absolute atomic E-state index is 0.143. The first-order valence-electron chi connectivity index (χ1n) is 4.65. The first-order chi connectivity index (χ1) is 7.45. The van der Waals surface area contributed by atoms with Gasteiger partial charge in [0.1, 0.15) is 6.61 Å². The van der Waals surface area contributed by atoms with Gasteiger partial charge in [-0.15, -0.1) is 0 Å². The predicted molar refractivity (Wildman–Crippen MR) is 48.7 cm³/mol. The van der Waals surface area contributed by atoms with E-state index in [0.717, 1.165) is 6.07 Å². The SMILES string of the molecule is CN[C@@H]1COc2c1ccc(C(F)(F)F)c2F.